The van der Waals surface area contributed by atoms with Crippen molar-refractivity contribution in [3.8, 4) is 5.75 Å². The molecule has 124 valence electrons. The van der Waals surface area contributed by atoms with E-state index in [1.54, 1.807) is 48.5 Å². The molecule has 0 bridgehead atoms. The maximum absolute atomic E-state index is 12.5. The number of imide groups is 1. The number of rotatable bonds is 5. The van der Waals surface area contributed by atoms with Gasteiger partial charge in [0.25, 0.3) is 11.8 Å². The Morgan fingerprint density at radius 3 is 2.00 bits per heavy atom. The maximum Gasteiger partial charge on any atom is 0.266 e. The highest BCUT2D eigenvalue weighted by Gasteiger charge is 2.36. The number of hydrogen-bond donors (Lipinski definition) is 0. The number of likely N-dealkylation sites (N-methyl/N-ethyl adjacent to an activating group) is 1. The van der Waals surface area contributed by atoms with Crippen molar-refractivity contribution in [2.75, 3.05) is 25.6 Å². The Kier molecular flexibility index (Phi) is 4.36. The van der Waals surface area contributed by atoms with Gasteiger partial charge in [-0.2, -0.15) is 0 Å². The van der Waals surface area contributed by atoms with Gasteiger partial charge in [-0.3, -0.25) is 9.59 Å². The zero-order chi connectivity index (χ0) is 17.3. The van der Waals surface area contributed by atoms with Crippen LogP contribution >= 0.6 is 0 Å². The number of nitrogens with zero attached hydrogens (tertiary/aromatic N) is 2. The third-order valence-corrected chi connectivity index (χ3v) is 4.26. The van der Waals surface area contributed by atoms with Crippen LogP contribution in [0.3, 0.4) is 0 Å². The largest absolute Gasteiger partial charge is 0.492 e. The molecule has 0 saturated heterocycles. The van der Waals surface area contributed by atoms with Crippen LogP contribution in [0, 0.1) is 0 Å². The molecule has 5 nitrogen and oxygen atoms in total. The van der Waals surface area contributed by atoms with E-state index < -0.39 is 0 Å². The van der Waals surface area contributed by atoms with Crippen molar-refractivity contribution in [3.05, 3.63) is 59.7 Å². The summed E-state index contributed by atoms with van der Waals surface area (Å²) < 4.78 is 5.73. The molecule has 0 N–H and O–H groups in total. The maximum atomic E-state index is 12.5. The van der Waals surface area contributed by atoms with Crippen LogP contribution in [0.25, 0.3) is 0 Å². The van der Waals surface area contributed by atoms with Gasteiger partial charge in [-0.25, -0.2) is 4.90 Å². The second kappa shape index (κ2) is 6.45. The number of benzene rings is 2. The zero-order valence-corrected chi connectivity index (χ0v) is 14.0. The van der Waals surface area contributed by atoms with Gasteiger partial charge in [-0.15, -0.1) is 0 Å². The molecule has 1 aliphatic heterocycles. The summed E-state index contributed by atoms with van der Waals surface area (Å²) in [5.74, 6) is 0.139. The van der Waals surface area contributed by atoms with E-state index in [1.807, 2.05) is 14.1 Å². The Hall–Kier alpha value is -2.66. The number of amides is 2. The minimum Gasteiger partial charge on any atom is -0.492 e. The fourth-order valence-electron chi connectivity index (χ4n) is 2.48. The van der Waals surface area contributed by atoms with Crippen molar-refractivity contribution in [1.82, 2.24) is 4.90 Å². The third-order valence-electron chi connectivity index (χ3n) is 4.26. The van der Waals surface area contributed by atoms with Gasteiger partial charge in [-0.1, -0.05) is 12.1 Å². The standard InChI is InChI=1S/C19H20N2O3/c1-13(20(2)3)12-24-15-10-8-14(9-11-15)21-18(22)16-6-4-5-7-17(16)19(21)23/h4-11,13H,12H2,1-3H3. The van der Waals surface area contributed by atoms with Crippen LogP contribution in [0.4, 0.5) is 5.69 Å². The van der Waals surface area contributed by atoms with E-state index in [9.17, 15) is 9.59 Å². The SMILES string of the molecule is CC(COc1ccc(N2C(=O)c3ccccc3C2=O)cc1)N(C)C. The highest BCUT2D eigenvalue weighted by Crippen LogP contribution is 2.29. The van der Waals surface area contributed by atoms with Crippen LogP contribution in [0.2, 0.25) is 0 Å². The predicted molar refractivity (Wildman–Crippen MR) is 92.7 cm³/mol. The summed E-state index contributed by atoms with van der Waals surface area (Å²) in [6, 6.07) is 14.2. The number of hydrogen-bond acceptors (Lipinski definition) is 4. The Morgan fingerprint density at radius 1 is 0.958 bits per heavy atom. The summed E-state index contributed by atoms with van der Waals surface area (Å²) in [5, 5.41) is 0. The molecule has 0 aromatic heterocycles. The van der Waals surface area contributed by atoms with Gasteiger partial charge in [0.15, 0.2) is 0 Å². The molecule has 0 saturated carbocycles. The van der Waals surface area contributed by atoms with E-state index in [-0.39, 0.29) is 11.8 Å². The molecule has 0 fully saturated rings. The Balaban J connectivity index is 1.75. The summed E-state index contributed by atoms with van der Waals surface area (Å²) in [6.07, 6.45) is 0. The molecule has 24 heavy (non-hydrogen) atoms. The second-order valence-electron chi connectivity index (χ2n) is 6.11. The van der Waals surface area contributed by atoms with Gasteiger partial charge in [0, 0.05) is 6.04 Å². The molecule has 2 amide bonds. The van der Waals surface area contributed by atoms with Crippen molar-refractivity contribution in [3.63, 3.8) is 0 Å². The normalized spacial score (nSPS) is 14.9. The van der Waals surface area contributed by atoms with Crippen LogP contribution in [0.15, 0.2) is 48.5 Å². The first kappa shape index (κ1) is 16.2. The molecule has 1 aliphatic rings. The number of anilines is 1. The molecule has 0 radical (unpaired) electrons. The van der Waals surface area contributed by atoms with Crippen LogP contribution in [0.1, 0.15) is 27.6 Å². The van der Waals surface area contributed by atoms with Crippen LogP contribution < -0.4 is 9.64 Å². The molecule has 2 aromatic rings. The molecular formula is C19H20N2O3. The van der Waals surface area contributed by atoms with Crippen LogP contribution in [0.5, 0.6) is 5.75 Å². The van der Waals surface area contributed by atoms with Crippen LogP contribution in [-0.2, 0) is 0 Å². The summed E-state index contributed by atoms with van der Waals surface area (Å²) in [4.78, 5) is 28.2. The molecule has 5 heteroatoms. The van der Waals surface area contributed by atoms with Crippen LogP contribution in [-0.4, -0.2) is 43.5 Å². The average molecular weight is 324 g/mol. The number of carbonyl (C=O) groups is 2. The highest BCUT2D eigenvalue weighted by atomic mass is 16.5. The second-order valence-corrected chi connectivity index (χ2v) is 6.11. The Labute approximate surface area is 141 Å². The zero-order valence-electron chi connectivity index (χ0n) is 14.0. The first-order chi connectivity index (χ1) is 11.5. The van der Waals surface area contributed by atoms with Gasteiger partial charge >= 0.3 is 0 Å². The first-order valence-corrected chi connectivity index (χ1v) is 7.86. The fraction of sp³-hybridized carbons (Fsp3) is 0.263. The summed E-state index contributed by atoms with van der Waals surface area (Å²) in [7, 11) is 4.00. The lowest BCUT2D eigenvalue weighted by Gasteiger charge is -2.20. The van der Waals surface area contributed by atoms with E-state index in [0.717, 1.165) is 0 Å². The van der Waals surface area contributed by atoms with E-state index in [4.69, 9.17) is 4.74 Å². The molecule has 0 spiro atoms. The molecule has 3 rings (SSSR count). The summed E-state index contributed by atoms with van der Waals surface area (Å²) in [5.41, 5.74) is 1.44. The number of carbonyl (C=O) groups excluding carboxylic acids is 2. The van der Waals surface area contributed by atoms with Crippen molar-refractivity contribution in [2.24, 2.45) is 0 Å². The summed E-state index contributed by atoms with van der Waals surface area (Å²) >= 11 is 0. The van der Waals surface area contributed by atoms with E-state index in [2.05, 4.69) is 11.8 Å². The average Bonchev–Trinajstić information content (AvgIpc) is 2.85. The molecule has 1 atom stereocenters. The first-order valence-electron chi connectivity index (χ1n) is 7.86. The Bertz CT molecular complexity index is 733. The quantitative estimate of drug-likeness (QED) is 0.794. The van der Waals surface area contributed by atoms with Crippen molar-refractivity contribution in [1.29, 1.82) is 0 Å². The van der Waals surface area contributed by atoms with Crippen molar-refractivity contribution >= 4 is 17.5 Å². The lowest BCUT2D eigenvalue weighted by Crippen LogP contribution is -2.30. The van der Waals surface area contributed by atoms with Gasteiger partial charge in [-0.05, 0) is 57.4 Å². The highest BCUT2D eigenvalue weighted by molar-refractivity contribution is 6.34. The minimum absolute atomic E-state index is 0.287. The van der Waals surface area contributed by atoms with E-state index in [0.29, 0.717) is 35.2 Å². The predicted octanol–water partition coefficient (Wildman–Crippen LogP) is 2.82. The topological polar surface area (TPSA) is 49.9 Å². The number of fused-ring (bicyclic) bond motifs is 1. The lowest BCUT2D eigenvalue weighted by molar-refractivity contribution is 0.0926. The molecule has 1 heterocycles. The van der Waals surface area contributed by atoms with Gasteiger partial charge < -0.3 is 9.64 Å². The minimum atomic E-state index is -0.287. The summed E-state index contributed by atoms with van der Waals surface area (Å²) in [6.45, 7) is 2.65. The molecule has 0 aliphatic carbocycles. The van der Waals surface area contributed by atoms with E-state index in [1.165, 1.54) is 4.90 Å². The van der Waals surface area contributed by atoms with Gasteiger partial charge in [0.1, 0.15) is 12.4 Å². The van der Waals surface area contributed by atoms with Gasteiger partial charge in [0.2, 0.25) is 0 Å². The fourth-order valence-corrected chi connectivity index (χ4v) is 2.48. The molecular weight excluding hydrogens is 304 g/mol. The van der Waals surface area contributed by atoms with Crippen molar-refractivity contribution in [2.45, 2.75) is 13.0 Å². The number of ether oxygens (including phenoxy) is 1. The third kappa shape index (κ3) is 2.90. The monoisotopic (exact) mass is 324 g/mol. The van der Waals surface area contributed by atoms with Crippen molar-refractivity contribution < 1.29 is 14.3 Å². The lowest BCUT2D eigenvalue weighted by atomic mass is 10.1. The molecule has 2 aromatic carbocycles. The smallest absolute Gasteiger partial charge is 0.266 e. The van der Waals surface area contributed by atoms with Gasteiger partial charge in [0.05, 0.1) is 16.8 Å². The van der Waals surface area contributed by atoms with E-state index >= 15 is 0 Å². The Morgan fingerprint density at radius 2 is 1.50 bits per heavy atom. The molecule has 1 unspecified atom stereocenters.